The van der Waals surface area contributed by atoms with E-state index in [2.05, 4.69) is 14.6 Å². The van der Waals surface area contributed by atoms with E-state index in [4.69, 9.17) is 4.89 Å². The van der Waals surface area contributed by atoms with Crippen molar-refractivity contribution in [1.29, 1.82) is 0 Å². The van der Waals surface area contributed by atoms with Crippen LogP contribution in [0.15, 0.2) is 0 Å². The van der Waals surface area contributed by atoms with Gasteiger partial charge in [0.25, 0.3) is 5.91 Å². The molecular weight excluding hydrogens is 197 g/mol. The first-order valence-corrected chi connectivity index (χ1v) is 5.62. The van der Waals surface area contributed by atoms with E-state index in [1.54, 1.807) is 0 Å². The smallest absolute Gasteiger partial charge is 0.325 e. The number of carbonyl (C=O) groups is 1. The molecule has 78 valence electrons. The number of carbonyl (C=O) groups excluding carboxylic acids is 1. The van der Waals surface area contributed by atoms with E-state index in [1.807, 2.05) is 0 Å². The van der Waals surface area contributed by atoms with Crippen LogP contribution in [0, 0.1) is 0 Å². The van der Waals surface area contributed by atoms with Crippen molar-refractivity contribution in [3.63, 3.8) is 0 Å². The van der Waals surface area contributed by atoms with Crippen LogP contribution in [0.1, 0.15) is 0 Å². The molecule has 2 atom stereocenters. The molecule has 0 aliphatic carbocycles. The van der Waals surface area contributed by atoms with Crippen molar-refractivity contribution >= 4 is 13.5 Å². The number of nitrogens with one attached hydrogen (secondary N) is 1. The molecule has 2 N–H and O–H groups in total. The highest BCUT2D eigenvalue weighted by atomic mass is 31.2. The Morgan fingerprint density at radius 2 is 2.23 bits per heavy atom. The van der Waals surface area contributed by atoms with Crippen molar-refractivity contribution in [1.82, 2.24) is 5.32 Å². The van der Waals surface area contributed by atoms with Gasteiger partial charge in [-0.2, -0.15) is 0 Å². The Morgan fingerprint density at radius 1 is 1.69 bits per heavy atom. The molecule has 0 fully saturated rings. The number of hydrogen-bond donors (Lipinski definition) is 2. The Kier molecular flexibility index (Phi) is 5.17. The van der Waals surface area contributed by atoms with Gasteiger partial charge in [-0.3, -0.25) is 13.9 Å². The Morgan fingerprint density at radius 3 is 2.54 bits per heavy atom. The van der Waals surface area contributed by atoms with Gasteiger partial charge in [0.1, 0.15) is 0 Å². The van der Waals surface area contributed by atoms with E-state index < -0.39 is 19.6 Å². The molecule has 0 rings (SSSR count). The van der Waals surface area contributed by atoms with Gasteiger partial charge in [-0.1, -0.05) is 0 Å². The van der Waals surface area contributed by atoms with Crippen LogP contribution in [0.4, 0.5) is 0 Å². The molecule has 0 aromatic heterocycles. The molecule has 0 heterocycles. The zero-order valence-electron chi connectivity index (χ0n) is 7.81. The summed E-state index contributed by atoms with van der Waals surface area (Å²) in [5.41, 5.74) is 0. The average Bonchev–Trinajstić information content (AvgIpc) is 2.00. The largest absolute Gasteiger partial charge is 0.381 e. The number of ether oxygens (including phenoxy) is 1. The average molecular weight is 211 g/mol. The molecule has 0 bridgehead atoms. The van der Waals surface area contributed by atoms with Crippen LogP contribution in [-0.2, 0) is 18.6 Å². The molecule has 0 saturated heterocycles. The quantitative estimate of drug-likeness (QED) is 0.603. The molecule has 0 saturated carbocycles. The molecule has 1 amide bonds. The van der Waals surface area contributed by atoms with Crippen molar-refractivity contribution < 1.29 is 23.5 Å². The number of methoxy groups -OCH3 is 1. The van der Waals surface area contributed by atoms with Gasteiger partial charge in [0, 0.05) is 20.8 Å². The van der Waals surface area contributed by atoms with Crippen LogP contribution in [0.2, 0.25) is 0 Å². The summed E-state index contributed by atoms with van der Waals surface area (Å²) < 4.78 is 20.1. The van der Waals surface area contributed by atoms with Crippen LogP contribution in [0.3, 0.4) is 0 Å². The minimum absolute atomic E-state index is 0.0575. The molecule has 0 radical (unpaired) electrons. The second-order valence-electron chi connectivity index (χ2n) is 2.47. The molecule has 0 aromatic rings. The summed E-state index contributed by atoms with van der Waals surface area (Å²) in [7, 11) is -0.878. The van der Waals surface area contributed by atoms with Crippen molar-refractivity contribution in [3.05, 3.63) is 0 Å². The number of rotatable bonds is 5. The lowest BCUT2D eigenvalue weighted by atomic mass is 10.3. The van der Waals surface area contributed by atoms with Crippen LogP contribution in [0.5, 0.6) is 0 Å². The fraction of sp³-hybridized carbons (Fsp3) is 0.833. The summed E-state index contributed by atoms with van der Waals surface area (Å²) in [6.45, 7) is 0.955. The summed E-state index contributed by atoms with van der Waals surface area (Å²) in [6, 6.07) is 0. The monoisotopic (exact) mass is 211 g/mol. The fourth-order valence-corrected chi connectivity index (χ4v) is 1.33. The van der Waals surface area contributed by atoms with Crippen molar-refractivity contribution in [2.24, 2.45) is 0 Å². The Balaban J connectivity index is 4.26. The van der Waals surface area contributed by atoms with E-state index in [-0.39, 0.29) is 6.61 Å². The molecule has 7 heteroatoms. The molecule has 0 spiro atoms. The predicted octanol–water partition coefficient (Wildman–Crippen LogP) is -0.421. The molecule has 0 aliphatic rings. The maximum atomic E-state index is 11.0. The van der Waals surface area contributed by atoms with Crippen molar-refractivity contribution in [3.8, 4) is 0 Å². The predicted molar refractivity (Wildman–Crippen MR) is 46.6 cm³/mol. The summed E-state index contributed by atoms with van der Waals surface area (Å²) in [4.78, 5) is 19.9. The highest BCUT2D eigenvalue weighted by Gasteiger charge is 2.25. The summed E-state index contributed by atoms with van der Waals surface area (Å²) >= 11 is 0. The second-order valence-corrected chi connectivity index (χ2v) is 4.28. The summed E-state index contributed by atoms with van der Waals surface area (Å²) in [6.07, 6.45) is -1.05. The highest BCUT2D eigenvalue weighted by Crippen LogP contribution is 2.38. The van der Waals surface area contributed by atoms with Crippen molar-refractivity contribution in [2.75, 3.05) is 27.4 Å². The minimum atomic E-state index is -3.66. The van der Waals surface area contributed by atoms with Gasteiger partial charge in [0.05, 0.1) is 6.61 Å². The summed E-state index contributed by atoms with van der Waals surface area (Å²) in [5, 5.41) is 2.30. The Labute approximate surface area is 76.8 Å². The third-order valence-corrected chi connectivity index (χ3v) is 1.83. The number of amides is 1. The van der Waals surface area contributed by atoms with Gasteiger partial charge in [-0.25, -0.2) is 0 Å². The van der Waals surface area contributed by atoms with E-state index in [0.29, 0.717) is 0 Å². The number of likely N-dealkylation sites (N-methyl/N-ethyl adjacent to an activating group) is 1. The van der Waals surface area contributed by atoms with Crippen molar-refractivity contribution in [2.45, 2.75) is 6.10 Å². The minimum Gasteiger partial charge on any atom is -0.381 e. The lowest BCUT2D eigenvalue weighted by Gasteiger charge is -2.16. The van der Waals surface area contributed by atoms with Gasteiger partial charge in [0.2, 0.25) is 0 Å². The van der Waals surface area contributed by atoms with E-state index in [9.17, 15) is 9.36 Å². The lowest BCUT2D eigenvalue weighted by Crippen LogP contribution is -2.36. The van der Waals surface area contributed by atoms with Gasteiger partial charge < -0.3 is 14.9 Å². The van der Waals surface area contributed by atoms with Crippen LogP contribution in [-0.4, -0.2) is 44.3 Å². The normalized spacial score (nSPS) is 17.5. The first kappa shape index (κ1) is 12.6. The first-order valence-electron chi connectivity index (χ1n) is 3.60. The summed E-state index contributed by atoms with van der Waals surface area (Å²) in [5.74, 6) is -0.488. The van der Waals surface area contributed by atoms with Crippen LogP contribution < -0.4 is 5.32 Å². The highest BCUT2D eigenvalue weighted by molar-refractivity contribution is 7.51. The maximum absolute atomic E-state index is 11.0. The standard InChI is InChI=1S/C6H14NO5P/c1-7-6(8)5(4-11-2)12-13(3,9)10/h5H,4H2,1-3H3,(H,7,8)(H,9,10)/t5-/m0/s1. The third kappa shape index (κ3) is 5.76. The second kappa shape index (κ2) is 5.34. The molecule has 0 aromatic carbocycles. The topological polar surface area (TPSA) is 84.9 Å². The maximum Gasteiger partial charge on any atom is 0.325 e. The Bertz CT molecular complexity index is 213. The SMILES string of the molecule is CNC(=O)[C@H](COC)OP(C)(=O)O. The number of hydrogen-bond acceptors (Lipinski definition) is 4. The molecule has 1 unspecified atom stereocenters. The van der Waals surface area contributed by atoms with Gasteiger partial charge in [-0.05, 0) is 0 Å². The Hall–Kier alpha value is -0.420. The van der Waals surface area contributed by atoms with Crippen LogP contribution >= 0.6 is 7.60 Å². The van der Waals surface area contributed by atoms with Gasteiger partial charge in [0.15, 0.2) is 6.10 Å². The molecular formula is C6H14NO5P. The zero-order valence-corrected chi connectivity index (χ0v) is 8.71. The zero-order chi connectivity index (χ0) is 10.5. The molecule has 0 aliphatic heterocycles. The van der Waals surface area contributed by atoms with Gasteiger partial charge >= 0.3 is 7.60 Å². The fourth-order valence-electron chi connectivity index (χ4n) is 0.702. The van der Waals surface area contributed by atoms with E-state index in [0.717, 1.165) is 6.66 Å². The third-order valence-electron chi connectivity index (χ3n) is 1.18. The van der Waals surface area contributed by atoms with Gasteiger partial charge in [-0.15, -0.1) is 0 Å². The van der Waals surface area contributed by atoms with E-state index in [1.165, 1.54) is 14.2 Å². The molecule has 13 heavy (non-hydrogen) atoms. The first-order chi connectivity index (χ1) is 5.90. The molecule has 6 nitrogen and oxygen atoms in total. The lowest BCUT2D eigenvalue weighted by molar-refractivity contribution is -0.130. The van der Waals surface area contributed by atoms with E-state index >= 15 is 0 Å². The van der Waals surface area contributed by atoms with Crippen LogP contribution in [0.25, 0.3) is 0 Å².